The van der Waals surface area contributed by atoms with Crippen LogP contribution in [0.3, 0.4) is 0 Å². The van der Waals surface area contributed by atoms with Gasteiger partial charge in [-0.05, 0) is 18.2 Å². The second-order valence-corrected chi connectivity index (χ2v) is 6.23. The fraction of sp³-hybridized carbons (Fsp3) is 0.312. The van der Waals surface area contributed by atoms with E-state index in [4.69, 9.17) is 16.3 Å². The molecule has 0 saturated carbocycles. The van der Waals surface area contributed by atoms with E-state index in [1.165, 1.54) is 18.4 Å². The van der Waals surface area contributed by atoms with E-state index >= 15 is 0 Å². The third-order valence-corrected chi connectivity index (χ3v) is 4.27. The lowest BCUT2D eigenvalue weighted by molar-refractivity contribution is 0.0594. The fourth-order valence-electron chi connectivity index (χ4n) is 2.00. The van der Waals surface area contributed by atoms with Crippen molar-refractivity contribution in [2.24, 2.45) is 0 Å². The number of esters is 1. The standard InChI is InChI=1S/C16H17ClN2O4S/c1-22-7-6-19(15(20)11-4-3-5-12(17)8-11)9-14-18-13(10-24-14)16(21)23-2/h3-5,8,10H,6-7,9H2,1-2H3. The molecule has 0 aliphatic rings. The lowest BCUT2D eigenvalue weighted by Crippen LogP contribution is -2.33. The summed E-state index contributed by atoms with van der Waals surface area (Å²) in [5, 5.41) is 2.75. The van der Waals surface area contributed by atoms with Crippen LogP contribution in [0.25, 0.3) is 0 Å². The third kappa shape index (κ3) is 4.77. The fourth-order valence-corrected chi connectivity index (χ4v) is 2.97. The molecule has 1 heterocycles. The van der Waals surface area contributed by atoms with Crippen molar-refractivity contribution >= 4 is 34.8 Å². The van der Waals surface area contributed by atoms with Crippen LogP contribution < -0.4 is 0 Å². The van der Waals surface area contributed by atoms with Crippen molar-refractivity contribution in [1.82, 2.24) is 9.88 Å². The molecule has 0 spiro atoms. The molecule has 2 aromatic rings. The zero-order chi connectivity index (χ0) is 17.5. The zero-order valence-electron chi connectivity index (χ0n) is 13.3. The van der Waals surface area contributed by atoms with Crippen LogP contribution in [0.1, 0.15) is 25.9 Å². The molecule has 8 heteroatoms. The van der Waals surface area contributed by atoms with Crippen molar-refractivity contribution in [2.45, 2.75) is 6.54 Å². The van der Waals surface area contributed by atoms with Crippen LogP contribution >= 0.6 is 22.9 Å². The molecule has 1 aromatic carbocycles. The number of halogens is 1. The largest absolute Gasteiger partial charge is 0.464 e. The van der Waals surface area contributed by atoms with Crippen molar-refractivity contribution < 1.29 is 19.1 Å². The first-order valence-corrected chi connectivity index (χ1v) is 8.37. The minimum atomic E-state index is -0.498. The van der Waals surface area contributed by atoms with Gasteiger partial charge in [-0.3, -0.25) is 4.79 Å². The summed E-state index contributed by atoms with van der Waals surface area (Å²) in [4.78, 5) is 30.0. The summed E-state index contributed by atoms with van der Waals surface area (Å²) in [6.45, 7) is 1.06. The van der Waals surface area contributed by atoms with Crippen LogP contribution in [0.15, 0.2) is 29.6 Å². The van der Waals surface area contributed by atoms with Crippen LogP contribution in [-0.4, -0.2) is 49.1 Å². The minimum Gasteiger partial charge on any atom is -0.464 e. The Morgan fingerprint density at radius 2 is 2.12 bits per heavy atom. The van der Waals surface area contributed by atoms with E-state index in [-0.39, 0.29) is 18.1 Å². The molecule has 0 aliphatic heterocycles. The average molecular weight is 369 g/mol. The Morgan fingerprint density at radius 3 is 2.79 bits per heavy atom. The number of nitrogens with zero attached hydrogens (tertiary/aromatic N) is 2. The number of amides is 1. The van der Waals surface area contributed by atoms with Gasteiger partial charge in [-0.1, -0.05) is 17.7 Å². The molecular weight excluding hydrogens is 352 g/mol. The third-order valence-electron chi connectivity index (χ3n) is 3.20. The molecule has 0 radical (unpaired) electrons. The highest BCUT2D eigenvalue weighted by molar-refractivity contribution is 7.09. The maximum atomic E-state index is 12.7. The molecule has 2 rings (SSSR count). The number of hydrogen-bond acceptors (Lipinski definition) is 6. The normalized spacial score (nSPS) is 10.5. The Kier molecular flexibility index (Phi) is 6.72. The summed E-state index contributed by atoms with van der Waals surface area (Å²) in [5.74, 6) is -0.675. The lowest BCUT2D eigenvalue weighted by atomic mass is 10.2. The topological polar surface area (TPSA) is 68.7 Å². The molecule has 0 saturated heterocycles. The Labute approximate surface area is 149 Å². The Morgan fingerprint density at radius 1 is 1.33 bits per heavy atom. The van der Waals surface area contributed by atoms with Gasteiger partial charge in [-0.2, -0.15) is 0 Å². The highest BCUT2D eigenvalue weighted by atomic mass is 35.5. The van der Waals surface area contributed by atoms with Crippen LogP contribution in [0.5, 0.6) is 0 Å². The van der Waals surface area contributed by atoms with Gasteiger partial charge in [-0.15, -0.1) is 11.3 Å². The Bertz CT molecular complexity index is 720. The number of aromatic nitrogens is 1. The first-order chi connectivity index (χ1) is 11.5. The Hall–Kier alpha value is -1.96. The van der Waals surface area contributed by atoms with Gasteiger partial charge in [0.1, 0.15) is 5.01 Å². The molecule has 6 nitrogen and oxygen atoms in total. The zero-order valence-corrected chi connectivity index (χ0v) is 14.9. The van der Waals surface area contributed by atoms with E-state index in [1.807, 2.05) is 0 Å². The van der Waals surface area contributed by atoms with Crippen LogP contribution in [0, 0.1) is 0 Å². The maximum Gasteiger partial charge on any atom is 0.357 e. The molecule has 0 atom stereocenters. The highest BCUT2D eigenvalue weighted by Gasteiger charge is 2.19. The number of hydrogen-bond donors (Lipinski definition) is 0. The van der Waals surface area contributed by atoms with Crippen molar-refractivity contribution in [1.29, 1.82) is 0 Å². The van der Waals surface area contributed by atoms with E-state index in [1.54, 1.807) is 41.7 Å². The van der Waals surface area contributed by atoms with E-state index in [2.05, 4.69) is 9.72 Å². The number of methoxy groups -OCH3 is 2. The van der Waals surface area contributed by atoms with Crippen LogP contribution in [0.2, 0.25) is 5.02 Å². The molecular formula is C16H17ClN2O4S. The number of rotatable bonds is 7. The van der Waals surface area contributed by atoms with Gasteiger partial charge < -0.3 is 14.4 Å². The van der Waals surface area contributed by atoms with Crippen molar-refractivity contribution in [3.63, 3.8) is 0 Å². The molecule has 128 valence electrons. The SMILES string of the molecule is COCCN(Cc1nc(C(=O)OC)cs1)C(=O)c1cccc(Cl)c1. The van der Waals surface area contributed by atoms with Crippen LogP contribution in [-0.2, 0) is 16.0 Å². The summed E-state index contributed by atoms with van der Waals surface area (Å²) in [6, 6.07) is 6.76. The smallest absolute Gasteiger partial charge is 0.357 e. The van der Waals surface area contributed by atoms with E-state index < -0.39 is 5.97 Å². The van der Waals surface area contributed by atoms with Gasteiger partial charge in [0.25, 0.3) is 5.91 Å². The monoisotopic (exact) mass is 368 g/mol. The molecule has 0 aliphatic carbocycles. The number of benzene rings is 1. The predicted molar refractivity (Wildman–Crippen MR) is 91.5 cm³/mol. The van der Waals surface area contributed by atoms with Gasteiger partial charge in [0.05, 0.1) is 20.3 Å². The maximum absolute atomic E-state index is 12.7. The first-order valence-electron chi connectivity index (χ1n) is 7.11. The number of carbonyl (C=O) groups excluding carboxylic acids is 2. The average Bonchev–Trinajstić information content (AvgIpc) is 3.05. The van der Waals surface area contributed by atoms with Gasteiger partial charge in [0, 0.05) is 29.6 Å². The minimum absolute atomic E-state index is 0.177. The molecule has 24 heavy (non-hydrogen) atoms. The van der Waals surface area contributed by atoms with Crippen molar-refractivity contribution in [3.8, 4) is 0 Å². The quantitative estimate of drug-likeness (QED) is 0.703. The summed E-state index contributed by atoms with van der Waals surface area (Å²) in [6.07, 6.45) is 0. The number of carbonyl (C=O) groups is 2. The summed E-state index contributed by atoms with van der Waals surface area (Å²) in [7, 11) is 2.87. The highest BCUT2D eigenvalue weighted by Crippen LogP contribution is 2.17. The van der Waals surface area contributed by atoms with Gasteiger partial charge in [0.2, 0.25) is 0 Å². The van der Waals surface area contributed by atoms with Gasteiger partial charge >= 0.3 is 5.97 Å². The van der Waals surface area contributed by atoms with Crippen molar-refractivity contribution in [2.75, 3.05) is 27.4 Å². The van der Waals surface area contributed by atoms with E-state index in [0.717, 1.165) is 0 Å². The summed E-state index contributed by atoms with van der Waals surface area (Å²) >= 11 is 7.25. The molecule has 1 aromatic heterocycles. The van der Waals surface area contributed by atoms with Gasteiger partial charge in [0.15, 0.2) is 5.69 Å². The van der Waals surface area contributed by atoms with E-state index in [9.17, 15) is 9.59 Å². The molecule has 0 bridgehead atoms. The number of thiazole rings is 1. The summed E-state index contributed by atoms with van der Waals surface area (Å²) in [5.41, 5.74) is 0.725. The van der Waals surface area contributed by atoms with Crippen LogP contribution in [0.4, 0.5) is 0 Å². The summed E-state index contributed by atoms with van der Waals surface area (Å²) < 4.78 is 9.71. The second-order valence-electron chi connectivity index (χ2n) is 4.85. The molecule has 1 amide bonds. The number of ether oxygens (including phenoxy) is 2. The first kappa shape index (κ1) is 18.4. The van der Waals surface area contributed by atoms with E-state index in [0.29, 0.717) is 28.7 Å². The molecule has 0 N–H and O–H groups in total. The molecule has 0 fully saturated rings. The Balaban J connectivity index is 2.17. The second kappa shape index (κ2) is 8.77. The van der Waals surface area contributed by atoms with Gasteiger partial charge in [-0.25, -0.2) is 9.78 Å². The predicted octanol–water partition coefficient (Wildman–Crippen LogP) is 2.87. The lowest BCUT2D eigenvalue weighted by Gasteiger charge is -2.21. The van der Waals surface area contributed by atoms with Crippen molar-refractivity contribution in [3.05, 3.63) is 50.9 Å². The molecule has 0 unspecified atom stereocenters.